The van der Waals surface area contributed by atoms with Crippen LogP contribution in [0.5, 0.6) is 0 Å². The van der Waals surface area contributed by atoms with Crippen LogP contribution in [0, 0.1) is 25.7 Å². The second-order valence-electron chi connectivity index (χ2n) is 6.51. The lowest BCUT2D eigenvalue weighted by atomic mass is 9.92. The first kappa shape index (κ1) is 15.0. The Morgan fingerprint density at radius 2 is 1.90 bits per heavy atom. The summed E-state index contributed by atoms with van der Waals surface area (Å²) in [6.45, 7) is 11.2. The van der Waals surface area contributed by atoms with Gasteiger partial charge in [-0.05, 0) is 43.7 Å². The van der Waals surface area contributed by atoms with Gasteiger partial charge in [-0.1, -0.05) is 31.5 Å². The van der Waals surface area contributed by atoms with Crippen molar-refractivity contribution in [2.75, 3.05) is 25.0 Å². The molecule has 0 aliphatic carbocycles. The summed E-state index contributed by atoms with van der Waals surface area (Å²) in [5.41, 5.74) is 3.27. The molecule has 3 heteroatoms. The van der Waals surface area contributed by atoms with E-state index in [1.807, 2.05) is 19.1 Å². The van der Waals surface area contributed by atoms with Gasteiger partial charge in [0.15, 0.2) is 0 Å². The van der Waals surface area contributed by atoms with Crippen LogP contribution in [-0.4, -0.2) is 30.4 Å². The quantitative estimate of drug-likeness (QED) is 0.918. The van der Waals surface area contributed by atoms with Gasteiger partial charge in [-0.2, -0.15) is 0 Å². The largest absolute Gasteiger partial charge is 0.325 e. The highest BCUT2D eigenvalue weighted by Crippen LogP contribution is 2.21. The van der Waals surface area contributed by atoms with Gasteiger partial charge >= 0.3 is 0 Å². The van der Waals surface area contributed by atoms with E-state index in [0.717, 1.165) is 24.3 Å². The summed E-state index contributed by atoms with van der Waals surface area (Å²) in [6.07, 6.45) is 1.27. The third kappa shape index (κ3) is 4.07. The summed E-state index contributed by atoms with van der Waals surface area (Å²) < 4.78 is 0. The van der Waals surface area contributed by atoms with Crippen LogP contribution >= 0.6 is 0 Å². The van der Waals surface area contributed by atoms with E-state index in [4.69, 9.17) is 0 Å². The highest BCUT2D eigenvalue weighted by molar-refractivity contribution is 5.93. The molecular formula is C17H26N2O. The molecule has 0 unspecified atom stereocenters. The normalized spacial score (nSPS) is 23.6. The number of amides is 1. The van der Waals surface area contributed by atoms with E-state index in [0.29, 0.717) is 18.4 Å². The van der Waals surface area contributed by atoms with Gasteiger partial charge < -0.3 is 5.32 Å². The first-order chi connectivity index (χ1) is 9.44. The molecular weight excluding hydrogens is 248 g/mol. The predicted octanol–water partition coefficient (Wildman–Crippen LogP) is 3.22. The number of nitrogens with zero attached hydrogens (tertiary/aromatic N) is 1. The van der Waals surface area contributed by atoms with Crippen LogP contribution in [0.4, 0.5) is 5.69 Å². The number of piperidine rings is 1. The van der Waals surface area contributed by atoms with Gasteiger partial charge in [0, 0.05) is 18.8 Å². The number of anilines is 1. The zero-order valence-electron chi connectivity index (χ0n) is 13.1. The smallest absolute Gasteiger partial charge is 0.238 e. The van der Waals surface area contributed by atoms with E-state index >= 15 is 0 Å². The maximum absolute atomic E-state index is 12.2. The van der Waals surface area contributed by atoms with Crippen LogP contribution < -0.4 is 5.32 Å². The fraction of sp³-hybridized carbons (Fsp3) is 0.588. The van der Waals surface area contributed by atoms with Crippen molar-refractivity contribution >= 4 is 11.6 Å². The number of nitrogens with one attached hydrogen (secondary N) is 1. The molecule has 1 fully saturated rings. The van der Waals surface area contributed by atoms with Crippen molar-refractivity contribution in [2.45, 2.75) is 34.1 Å². The lowest BCUT2D eigenvalue weighted by molar-refractivity contribution is -0.117. The Balaban J connectivity index is 1.92. The minimum atomic E-state index is 0.0956. The first-order valence-corrected chi connectivity index (χ1v) is 7.53. The third-order valence-corrected chi connectivity index (χ3v) is 3.97. The molecule has 0 saturated carbocycles. The average Bonchev–Trinajstić information content (AvgIpc) is 2.31. The Labute approximate surface area is 122 Å². The molecule has 0 aromatic heterocycles. The van der Waals surface area contributed by atoms with Crippen molar-refractivity contribution in [2.24, 2.45) is 11.8 Å². The Bertz CT molecular complexity index is 474. The predicted molar refractivity (Wildman–Crippen MR) is 83.9 cm³/mol. The molecule has 2 rings (SSSR count). The highest BCUT2D eigenvalue weighted by atomic mass is 16.2. The molecule has 0 bridgehead atoms. The van der Waals surface area contributed by atoms with E-state index in [2.05, 4.69) is 37.1 Å². The van der Waals surface area contributed by atoms with Gasteiger partial charge in [0.1, 0.15) is 0 Å². The van der Waals surface area contributed by atoms with Crippen LogP contribution in [0.2, 0.25) is 0 Å². The zero-order valence-corrected chi connectivity index (χ0v) is 13.1. The minimum absolute atomic E-state index is 0.0956. The topological polar surface area (TPSA) is 32.3 Å². The number of benzene rings is 1. The average molecular weight is 274 g/mol. The second-order valence-corrected chi connectivity index (χ2v) is 6.51. The molecule has 110 valence electrons. The Morgan fingerprint density at radius 1 is 1.25 bits per heavy atom. The molecule has 1 aliphatic rings. The number of carbonyl (C=O) groups is 1. The molecule has 3 nitrogen and oxygen atoms in total. The molecule has 0 radical (unpaired) electrons. The van der Waals surface area contributed by atoms with Crippen molar-refractivity contribution in [3.63, 3.8) is 0 Å². The van der Waals surface area contributed by atoms with Gasteiger partial charge in [0.25, 0.3) is 0 Å². The van der Waals surface area contributed by atoms with E-state index in [1.165, 1.54) is 12.0 Å². The van der Waals surface area contributed by atoms with Crippen molar-refractivity contribution < 1.29 is 4.79 Å². The Morgan fingerprint density at radius 3 is 2.50 bits per heavy atom. The number of rotatable bonds is 3. The van der Waals surface area contributed by atoms with Crippen LogP contribution in [0.1, 0.15) is 31.4 Å². The van der Waals surface area contributed by atoms with Crippen molar-refractivity contribution in [1.82, 2.24) is 4.90 Å². The van der Waals surface area contributed by atoms with Crippen LogP contribution in [-0.2, 0) is 4.79 Å². The van der Waals surface area contributed by atoms with E-state index in [9.17, 15) is 4.79 Å². The monoisotopic (exact) mass is 274 g/mol. The minimum Gasteiger partial charge on any atom is -0.325 e. The number of hydrogen-bond donors (Lipinski definition) is 1. The molecule has 1 aromatic rings. The lowest BCUT2D eigenvalue weighted by Gasteiger charge is -2.34. The number of aryl methyl sites for hydroxylation is 2. The fourth-order valence-corrected chi connectivity index (χ4v) is 3.27. The molecule has 1 aromatic carbocycles. The maximum Gasteiger partial charge on any atom is 0.238 e. The number of hydrogen-bond acceptors (Lipinski definition) is 2. The molecule has 1 saturated heterocycles. The van der Waals surface area contributed by atoms with Gasteiger partial charge in [0.2, 0.25) is 5.91 Å². The van der Waals surface area contributed by atoms with Crippen LogP contribution in [0.15, 0.2) is 18.2 Å². The van der Waals surface area contributed by atoms with Crippen LogP contribution in [0.25, 0.3) is 0 Å². The molecule has 0 spiro atoms. The highest BCUT2D eigenvalue weighted by Gasteiger charge is 2.23. The lowest BCUT2D eigenvalue weighted by Crippen LogP contribution is -2.42. The molecule has 20 heavy (non-hydrogen) atoms. The molecule has 1 N–H and O–H groups in total. The standard InChI is InChI=1S/C17H26N2O/c1-12-5-6-16(15(4)8-12)18-17(20)11-19-9-13(2)7-14(3)10-19/h5-6,8,13-14H,7,9-11H2,1-4H3,(H,18,20)/t13-,14-/m1/s1. The summed E-state index contributed by atoms with van der Waals surface area (Å²) in [6, 6.07) is 6.12. The Kier molecular flexibility index (Phi) is 4.81. The summed E-state index contributed by atoms with van der Waals surface area (Å²) in [5.74, 6) is 1.47. The van der Waals surface area contributed by atoms with Gasteiger partial charge in [-0.3, -0.25) is 9.69 Å². The summed E-state index contributed by atoms with van der Waals surface area (Å²) in [5, 5.41) is 3.03. The van der Waals surface area contributed by atoms with Crippen LogP contribution in [0.3, 0.4) is 0 Å². The van der Waals surface area contributed by atoms with E-state index in [1.54, 1.807) is 0 Å². The third-order valence-electron chi connectivity index (χ3n) is 3.97. The maximum atomic E-state index is 12.2. The second kappa shape index (κ2) is 6.40. The first-order valence-electron chi connectivity index (χ1n) is 7.53. The summed E-state index contributed by atoms with van der Waals surface area (Å²) in [4.78, 5) is 14.5. The molecule has 1 heterocycles. The van der Waals surface area contributed by atoms with Crippen molar-refractivity contribution in [1.29, 1.82) is 0 Å². The molecule has 1 amide bonds. The van der Waals surface area contributed by atoms with Gasteiger partial charge in [-0.15, -0.1) is 0 Å². The van der Waals surface area contributed by atoms with Crippen molar-refractivity contribution in [3.05, 3.63) is 29.3 Å². The molecule has 1 aliphatic heterocycles. The van der Waals surface area contributed by atoms with Crippen molar-refractivity contribution in [3.8, 4) is 0 Å². The van der Waals surface area contributed by atoms with E-state index < -0.39 is 0 Å². The number of likely N-dealkylation sites (tertiary alicyclic amines) is 1. The summed E-state index contributed by atoms with van der Waals surface area (Å²) in [7, 11) is 0. The van der Waals surface area contributed by atoms with E-state index in [-0.39, 0.29) is 5.91 Å². The SMILES string of the molecule is Cc1ccc(NC(=O)CN2C[C@H](C)C[C@@H](C)C2)c(C)c1. The van der Waals surface area contributed by atoms with Gasteiger partial charge in [0.05, 0.1) is 6.54 Å². The fourth-order valence-electron chi connectivity index (χ4n) is 3.27. The number of carbonyl (C=O) groups excluding carboxylic acids is 1. The molecule has 2 atom stereocenters. The zero-order chi connectivity index (χ0) is 14.7. The summed E-state index contributed by atoms with van der Waals surface area (Å²) >= 11 is 0. The van der Waals surface area contributed by atoms with Gasteiger partial charge in [-0.25, -0.2) is 0 Å². The Hall–Kier alpha value is -1.35.